The second kappa shape index (κ2) is 7.47. The SMILES string of the molecule is CCCOBOC(C)C(C)c1ccccc1. The Labute approximate surface area is 99.3 Å². The van der Waals surface area contributed by atoms with Gasteiger partial charge in [0.05, 0.1) is 0 Å². The fourth-order valence-electron chi connectivity index (χ4n) is 1.53. The van der Waals surface area contributed by atoms with Crippen LogP contribution in [0.5, 0.6) is 0 Å². The quantitative estimate of drug-likeness (QED) is 0.519. The Hall–Kier alpha value is -0.795. The fourth-order valence-corrected chi connectivity index (χ4v) is 1.53. The van der Waals surface area contributed by atoms with Gasteiger partial charge in [-0.1, -0.05) is 44.2 Å². The third-order valence-electron chi connectivity index (χ3n) is 2.79. The van der Waals surface area contributed by atoms with Crippen LogP contribution in [-0.4, -0.2) is 20.4 Å². The van der Waals surface area contributed by atoms with E-state index in [1.807, 2.05) is 6.07 Å². The van der Waals surface area contributed by atoms with Gasteiger partial charge in [0.2, 0.25) is 0 Å². The van der Waals surface area contributed by atoms with Crippen LogP contribution in [0.25, 0.3) is 0 Å². The van der Waals surface area contributed by atoms with Crippen molar-refractivity contribution in [1.29, 1.82) is 0 Å². The van der Waals surface area contributed by atoms with Crippen molar-refractivity contribution >= 4 is 7.69 Å². The van der Waals surface area contributed by atoms with Crippen LogP contribution in [0.2, 0.25) is 0 Å². The molecular formula is C13H21BO2. The van der Waals surface area contributed by atoms with Gasteiger partial charge in [-0.2, -0.15) is 0 Å². The third kappa shape index (κ3) is 4.37. The molecule has 2 atom stereocenters. The highest BCUT2D eigenvalue weighted by Crippen LogP contribution is 2.20. The maximum Gasteiger partial charge on any atom is 0.438 e. The lowest BCUT2D eigenvalue weighted by molar-refractivity contribution is 0.150. The van der Waals surface area contributed by atoms with Gasteiger partial charge in [-0.15, -0.1) is 0 Å². The highest BCUT2D eigenvalue weighted by Gasteiger charge is 2.14. The summed E-state index contributed by atoms with van der Waals surface area (Å²) in [6.07, 6.45) is 1.21. The summed E-state index contributed by atoms with van der Waals surface area (Å²) in [6, 6.07) is 10.4. The zero-order valence-electron chi connectivity index (χ0n) is 10.5. The van der Waals surface area contributed by atoms with E-state index in [9.17, 15) is 0 Å². The summed E-state index contributed by atoms with van der Waals surface area (Å²) in [5, 5.41) is 0. The van der Waals surface area contributed by atoms with E-state index >= 15 is 0 Å². The highest BCUT2D eigenvalue weighted by atomic mass is 16.6. The van der Waals surface area contributed by atoms with Gasteiger partial charge in [0.1, 0.15) is 0 Å². The van der Waals surface area contributed by atoms with E-state index in [2.05, 4.69) is 45.0 Å². The van der Waals surface area contributed by atoms with Crippen LogP contribution in [0.15, 0.2) is 30.3 Å². The zero-order valence-corrected chi connectivity index (χ0v) is 10.5. The zero-order chi connectivity index (χ0) is 11.8. The van der Waals surface area contributed by atoms with E-state index in [4.69, 9.17) is 9.31 Å². The van der Waals surface area contributed by atoms with Gasteiger partial charge in [-0.25, -0.2) is 0 Å². The largest absolute Gasteiger partial charge is 0.438 e. The van der Waals surface area contributed by atoms with E-state index in [1.54, 1.807) is 0 Å². The van der Waals surface area contributed by atoms with E-state index in [0.717, 1.165) is 13.0 Å². The topological polar surface area (TPSA) is 18.5 Å². The van der Waals surface area contributed by atoms with Crippen LogP contribution in [0.1, 0.15) is 38.7 Å². The Morgan fingerprint density at radius 2 is 1.88 bits per heavy atom. The lowest BCUT2D eigenvalue weighted by Gasteiger charge is -2.20. The molecule has 1 rings (SSSR count). The summed E-state index contributed by atoms with van der Waals surface area (Å²) in [6.45, 7) is 7.13. The molecular weight excluding hydrogens is 199 g/mol. The van der Waals surface area contributed by atoms with Crippen molar-refractivity contribution in [1.82, 2.24) is 0 Å². The normalized spacial score (nSPS) is 14.4. The van der Waals surface area contributed by atoms with Crippen molar-refractivity contribution < 1.29 is 9.31 Å². The molecule has 0 radical (unpaired) electrons. The maximum absolute atomic E-state index is 5.64. The molecule has 1 aromatic carbocycles. The van der Waals surface area contributed by atoms with Gasteiger partial charge in [0.25, 0.3) is 0 Å². The van der Waals surface area contributed by atoms with E-state index in [0.29, 0.717) is 13.6 Å². The Morgan fingerprint density at radius 1 is 1.19 bits per heavy atom. The fraction of sp³-hybridized carbons (Fsp3) is 0.538. The first-order chi connectivity index (χ1) is 7.75. The van der Waals surface area contributed by atoms with Crippen LogP contribution in [0.3, 0.4) is 0 Å². The first kappa shape index (κ1) is 13.3. The molecule has 0 fully saturated rings. The Morgan fingerprint density at radius 3 is 2.50 bits per heavy atom. The van der Waals surface area contributed by atoms with Gasteiger partial charge in [-0.05, 0) is 18.9 Å². The molecule has 2 nitrogen and oxygen atoms in total. The van der Waals surface area contributed by atoms with Crippen LogP contribution in [0.4, 0.5) is 0 Å². The summed E-state index contributed by atoms with van der Waals surface area (Å²) in [5.74, 6) is 0.395. The smallest absolute Gasteiger partial charge is 0.414 e. The molecule has 0 N–H and O–H groups in total. The van der Waals surface area contributed by atoms with Crippen molar-refractivity contribution in [2.45, 2.75) is 39.2 Å². The van der Waals surface area contributed by atoms with Gasteiger partial charge in [0, 0.05) is 18.6 Å². The second-order valence-electron chi connectivity index (χ2n) is 4.10. The molecule has 0 aromatic heterocycles. The van der Waals surface area contributed by atoms with Gasteiger partial charge >= 0.3 is 7.69 Å². The minimum atomic E-state index is 0.180. The molecule has 0 bridgehead atoms. The molecule has 0 heterocycles. The molecule has 0 spiro atoms. The monoisotopic (exact) mass is 220 g/mol. The summed E-state index contributed by atoms with van der Waals surface area (Å²) in [5.41, 5.74) is 1.31. The summed E-state index contributed by atoms with van der Waals surface area (Å²) in [4.78, 5) is 0. The highest BCUT2D eigenvalue weighted by molar-refractivity contribution is 6.18. The summed E-state index contributed by atoms with van der Waals surface area (Å²) >= 11 is 0. The van der Waals surface area contributed by atoms with Gasteiger partial charge in [0.15, 0.2) is 0 Å². The van der Waals surface area contributed by atoms with Crippen molar-refractivity contribution in [3.63, 3.8) is 0 Å². The summed E-state index contributed by atoms with van der Waals surface area (Å²) in [7, 11) is 0.395. The number of hydrogen-bond donors (Lipinski definition) is 0. The molecule has 0 aliphatic heterocycles. The third-order valence-corrected chi connectivity index (χ3v) is 2.79. The lowest BCUT2D eigenvalue weighted by atomic mass is 9.96. The summed E-state index contributed by atoms with van der Waals surface area (Å²) < 4.78 is 11.0. The second-order valence-corrected chi connectivity index (χ2v) is 4.10. The Bertz CT molecular complexity index is 277. The predicted octanol–water partition coefficient (Wildman–Crippen LogP) is 2.89. The Kier molecular flexibility index (Phi) is 6.20. The van der Waals surface area contributed by atoms with Crippen LogP contribution in [0, 0.1) is 0 Å². The van der Waals surface area contributed by atoms with E-state index in [1.165, 1.54) is 5.56 Å². The number of benzene rings is 1. The Balaban J connectivity index is 2.33. The average Bonchev–Trinajstić information content (AvgIpc) is 2.34. The van der Waals surface area contributed by atoms with Crippen molar-refractivity contribution in [2.24, 2.45) is 0 Å². The minimum absolute atomic E-state index is 0.180. The molecule has 0 saturated carbocycles. The van der Waals surface area contributed by atoms with Crippen LogP contribution in [-0.2, 0) is 9.31 Å². The lowest BCUT2D eigenvalue weighted by Crippen LogP contribution is -2.20. The van der Waals surface area contributed by atoms with Gasteiger partial charge < -0.3 is 9.31 Å². The molecule has 1 aromatic rings. The predicted molar refractivity (Wildman–Crippen MR) is 68.8 cm³/mol. The molecule has 2 unspecified atom stereocenters. The standard InChI is InChI=1S/C13H21BO2/c1-4-10-15-14-16-12(3)11(2)13-8-6-5-7-9-13/h5-9,11-12,14H,4,10H2,1-3H3. The van der Waals surface area contributed by atoms with Crippen molar-refractivity contribution in [3.8, 4) is 0 Å². The first-order valence-corrected chi connectivity index (χ1v) is 6.00. The van der Waals surface area contributed by atoms with E-state index < -0.39 is 0 Å². The van der Waals surface area contributed by atoms with E-state index in [-0.39, 0.29) is 6.10 Å². The molecule has 3 heteroatoms. The molecule has 16 heavy (non-hydrogen) atoms. The van der Waals surface area contributed by atoms with Gasteiger partial charge in [-0.3, -0.25) is 0 Å². The average molecular weight is 220 g/mol. The molecule has 0 aliphatic carbocycles. The molecule has 0 saturated heterocycles. The number of hydrogen-bond acceptors (Lipinski definition) is 2. The first-order valence-electron chi connectivity index (χ1n) is 6.00. The maximum atomic E-state index is 5.64. The van der Waals surface area contributed by atoms with Crippen molar-refractivity contribution in [3.05, 3.63) is 35.9 Å². The molecule has 88 valence electrons. The minimum Gasteiger partial charge on any atom is -0.414 e. The van der Waals surface area contributed by atoms with Crippen LogP contribution >= 0.6 is 0 Å². The van der Waals surface area contributed by atoms with Crippen LogP contribution < -0.4 is 0 Å². The van der Waals surface area contributed by atoms with Crippen molar-refractivity contribution in [2.75, 3.05) is 6.61 Å². The molecule has 0 aliphatic rings. The number of rotatable bonds is 7. The molecule has 0 amide bonds.